The van der Waals surface area contributed by atoms with Gasteiger partial charge < -0.3 is 14.6 Å². The van der Waals surface area contributed by atoms with Gasteiger partial charge in [0.15, 0.2) is 0 Å². The molecule has 2 rings (SSSR count). The molecular weight excluding hydrogens is 285 g/mol. The highest BCUT2D eigenvalue weighted by Gasteiger charge is 2.02. The molecule has 0 unspecified atom stereocenters. The van der Waals surface area contributed by atoms with Crippen molar-refractivity contribution >= 4 is 17.6 Å². The number of carbonyl (C=O) groups is 1. The van der Waals surface area contributed by atoms with Crippen LogP contribution in [-0.4, -0.2) is 12.6 Å². The highest BCUT2D eigenvalue weighted by molar-refractivity contribution is 5.89. The topological polar surface area (TPSA) is 73.1 Å². The van der Waals surface area contributed by atoms with E-state index in [1.807, 2.05) is 0 Å². The molecule has 0 saturated carbocycles. The predicted molar refractivity (Wildman–Crippen MR) is 76.8 cm³/mol. The Morgan fingerprint density at radius 2 is 1.82 bits per heavy atom. The maximum atomic E-state index is 12.9. The molecule has 0 saturated heterocycles. The van der Waals surface area contributed by atoms with Gasteiger partial charge in [-0.3, -0.25) is 0 Å². The minimum atomic E-state index is -1.30. The third-order valence-corrected chi connectivity index (χ3v) is 2.82. The van der Waals surface area contributed by atoms with Gasteiger partial charge in [-0.1, -0.05) is 24.3 Å². The van der Waals surface area contributed by atoms with Crippen molar-refractivity contribution < 1.29 is 19.0 Å². The number of hydrogen-bond donors (Lipinski definition) is 0. The number of halogens is 1. The summed E-state index contributed by atoms with van der Waals surface area (Å²) in [5.74, 6) is -1.27. The minimum absolute atomic E-state index is 0.365. The lowest BCUT2D eigenvalue weighted by atomic mass is 10.0. The minimum Gasteiger partial charge on any atom is -0.546 e. The molecule has 0 aliphatic carbocycles. The number of nitrogens with zero attached hydrogens (tertiary/aromatic N) is 1. The average Bonchev–Trinajstić information content (AvgIpc) is 2.52. The molecule has 0 fully saturated rings. The van der Waals surface area contributed by atoms with Gasteiger partial charge in [0.1, 0.15) is 18.2 Å². The summed E-state index contributed by atoms with van der Waals surface area (Å²) in [7, 11) is 0. The molecular formula is C17H11FNO3-. The molecule has 0 heterocycles. The zero-order valence-electron chi connectivity index (χ0n) is 11.5. The van der Waals surface area contributed by atoms with Gasteiger partial charge in [0, 0.05) is 0 Å². The van der Waals surface area contributed by atoms with Crippen molar-refractivity contribution in [1.29, 1.82) is 5.26 Å². The molecule has 0 atom stereocenters. The standard InChI is InChI=1S/C17H12FNO3/c18-15-5-3-13(4-6-15)14(10-19)9-12-1-7-16(8-2-12)22-11-17(20)21/h1-9H,11H2,(H,20,21)/p-1/b14-9-. The Kier molecular flexibility index (Phi) is 4.89. The molecule has 4 nitrogen and oxygen atoms in total. The van der Waals surface area contributed by atoms with Crippen LogP contribution in [0, 0.1) is 17.1 Å². The van der Waals surface area contributed by atoms with Gasteiger partial charge in [-0.2, -0.15) is 5.26 Å². The Hall–Kier alpha value is -3.13. The molecule has 0 spiro atoms. The van der Waals surface area contributed by atoms with E-state index in [4.69, 9.17) is 4.74 Å². The number of nitriles is 1. The first-order valence-corrected chi connectivity index (χ1v) is 6.39. The smallest absolute Gasteiger partial charge is 0.128 e. The van der Waals surface area contributed by atoms with Crippen LogP contribution in [0.4, 0.5) is 4.39 Å². The maximum absolute atomic E-state index is 12.9. The van der Waals surface area contributed by atoms with E-state index in [2.05, 4.69) is 6.07 Å². The third kappa shape index (κ3) is 4.18. The number of hydrogen-bond acceptors (Lipinski definition) is 4. The fourth-order valence-corrected chi connectivity index (χ4v) is 1.78. The Labute approximate surface area is 126 Å². The van der Waals surface area contributed by atoms with E-state index in [-0.39, 0.29) is 5.82 Å². The van der Waals surface area contributed by atoms with Gasteiger partial charge in [0.05, 0.1) is 17.6 Å². The van der Waals surface area contributed by atoms with Crippen LogP contribution in [0.1, 0.15) is 11.1 Å². The van der Waals surface area contributed by atoms with Crippen LogP contribution in [0.15, 0.2) is 48.5 Å². The number of aliphatic carboxylic acids is 1. The van der Waals surface area contributed by atoms with Crippen molar-refractivity contribution in [1.82, 2.24) is 0 Å². The van der Waals surface area contributed by atoms with Crippen molar-refractivity contribution in [3.63, 3.8) is 0 Å². The zero-order chi connectivity index (χ0) is 15.9. The van der Waals surface area contributed by atoms with Crippen molar-refractivity contribution in [2.75, 3.05) is 6.61 Å². The Morgan fingerprint density at radius 1 is 1.18 bits per heavy atom. The molecule has 2 aromatic carbocycles. The highest BCUT2D eigenvalue weighted by Crippen LogP contribution is 2.20. The van der Waals surface area contributed by atoms with Crippen LogP contribution < -0.4 is 9.84 Å². The fraction of sp³-hybridized carbons (Fsp3) is 0.0588. The molecule has 0 N–H and O–H groups in total. The molecule has 0 radical (unpaired) electrons. The van der Waals surface area contributed by atoms with E-state index in [1.165, 1.54) is 24.3 Å². The summed E-state index contributed by atoms with van der Waals surface area (Å²) >= 11 is 0. The number of carboxylic acids is 1. The normalized spacial score (nSPS) is 10.8. The molecule has 0 amide bonds. The highest BCUT2D eigenvalue weighted by atomic mass is 19.1. The quantitative estimate of drug-likeness (QED) is 0.625. The van der Waals surface area contributed by atoms with Crippen LogP contribution in [-0.2, 0) is 4.79 Å². The second kappa shape index (κ2) is 7.04. The second-order valence-electron chi connectivity index (χ2n) is 4.41. The van der Waals surface area contributed by atoms with Gasteiger partial charge in [0.25, 0.3) is 0 Å². The molecule has 0 aliphatic heterocycles. The molecule has 0 bridgehead atoms. The van der Waals surface area contributed by atoms with Crippen LogP contribution in [0.25, 0.3) is 11.6 Å². The van der Waals surface area contributed by atoms with E-state index in [0.29, 0.717) is 16.9 Å². The number of carboxylic acid groups (broad SMARTS) is 1. The van der Waals surface area contributed by atoms with Crippen molar-refractivity contribution in [3.05, 3.63) is 65.5 Å². The molecule has 5 heteroatoms. The largest absolute Gasteiger partial charge is 0.546 e. The Morgan fingerprint density at radius 3 is 2.36 bits per heavy atom. The van der Waals surface area contributed by atoms with Gasteiger partial charge in [-0.05, 0) is 41.5 Å². The van der Waals surface area contributed by atoms with Gasteiger partial charge in [-0.15, -0.1) is 0 Å². The van der Waals surface area contributed by atoms with Crippen molar-refractivity contribution in [3.8, 4) is 11.8 Å². The summed E-state index contributed by atoms with van der Waals surface area (Å²) in [6.07, 6.45) is 1.65. The lowest BCUT2D eigenvalue weighted by Gasteiger charge is -2.06. The first kappa shape index (κ1) is 15.3. The lowest BCUT2D eigenvalue weighted by Crippen LogP contribution is -2.28. The number of benzene rings is 2. The Balaban J connectivity index is 2.18. The molecule has 2 aromatic rings. The van der Waals surface area contributed by atoms with E-state index < -0.39 is 12.6 Å². The van der Waals surface area contributed by atoms with E-state index in [0.717, 1.165) is 5.56 Å². The molecule has 110 valence electrons. The van der Waals surface area contributed by atoms with Crippen molar-refractivity contribution in [2.24, 2.45) is 0 Å². The third-order valence-electron chi connectivity index (χ3n) is 2.82. The summed E-state index contributed by atoms with van der Waals surface area (Å²) in [5.41, 5.74) is 1.74. The van der Waals surface area contributed by atoms with Gasteiger partial charge in [-0.25, -0.2) is 4.39 Å². The second-order valence-corrected chi connectivity index (χ2v) is 4.41. The SMILES string of the molecule is N#C/C(=C/c1ccc(OCC(=O)[O-])cc1)c1ccc(F)cc1. The maximum Gasteiger partial charge on any atom is 0.128 e. The summed E-state index contributed by atoms with van der Waals surface area (Å²) in [6, 6.07) is 14.3. The average molecular weight is 296 g/mol. The number of carbonyl (C=O) groups excluding carboxylic acids is 1. The number of ether oxygens (including phenoxy) is 1. The Bertz CT molecular complexity index is 728. The van der Waals surface area contributed by atoms with Crippen molar-refractivity contribution in [2.45, 2.75) is 0 Å². The summed E-state index contributed by atoms with van der Waals surface area (Å²) in [6.45, 7) is -0.520. The van der Waals surface area contributed by atoms with E-state index >= 15 is 0 Å². The lowest BCUT2D eigenvalue weighted by molar-refractivity contribution is -0.307. The van der Waals surface area contributed by atoms with Crippen LogP contribution >= 0.6 is 0 Å². The summed E-state index contributed by atoms with van der Waals surface area (Å²) in [4.78, 5) is 10.3. The zero-order valence-corrected chi connectivity index (χ0v) is 11.5. The van der Waals surface area contributed by atoms with Crippen LogP contribution in [0.3, 0.4) is 0 Å². The van der Waals surface area contributed by atoms with Crippen LogP contribution in [0.2, 0.25) is 0 Å². The number of allylic oxidation sites excluding steroid dienone is 1. The first-order chi connectivity index (χ1) is 10.6. The number of rotatable bonds is 5. The summed E-state index contributed by atoms with van der Waals surface area (Å²) < 4.78 is 17.9. The van der Waals surface area contributed by atoms with Gasteiger partial charge in [0.2, 0.25) is 0 Å². The van der Waals surface area contributed by atoms with E-state index in [1.54, 1.807) is 30.3 Å². The monoisotopic (exact) mass is 296 g/mol. The van der Waals surface area contributed by atoms with E-state index in [9.17, 15) is 19.6 Å². The predicted octanol–water partition coefficient (Wildman–Crippen LogP) is 2.02. The first-order valence-electron chi connectivity index (χ1n) is 6.39. The molecule has 0 aromatic heterocycles. The molecule has 22 heavy (non-hydrogen) atoms. The summed E-state index contributed by atoms with van der Waals surface area (Å²) in [5, 5.41) is 19.5. The van der Waals surface area contributed by atoms with Crippen LogP contribution in [0.5, 0.6) is 5.75 Å². The van der Waals surface area contributed by atoms with Gasteiger partial charge >= 0.3 is 0 Å². The molecule has 0 aliphatic rings. The fourth-order valence-electron chi connectivity index (χ4n) is 1.78.